The van der Waals surface area contributed by atoms with E-state index in [0.717, 1.165) is 24.4 Å². The number of hydrazone groups is 1. The molecule has 0 aliphatic heterocycles. The Bertz CT molecular complexity index is 1370. The van der Waals surface area contributed by atoms with Crippen LogP contribution in [0.15, 0.2) is 70.7 Å². The minimum atomic E-state index is -4.65. The molecule has 3 aromatic carbocycles. The highest BCUT2D eigenvalue weighted by Crippen LogP contribution is 2.30. The molecule has 3 rings (SSSR count). The summed E-state index contributed by atoms with van der Waals surface area (Å²) in [6.07, 6.45) is -4.31. The smallest absolute Gasteiger partial charge is 0.378 e. The van der Waals surface area contributed by atoms with Crippen LogP contribution in [-0.2, 0) is 27.5 Å². The van der Waals surface area contributed by atoms with E-state index in [1.54, 1.807) is 0 Å². The number of nitrogens with one attached hydrogen (secondary N) is 1. The van der Waals surface area contributed by atoms with Crippen LogP contribution in [0.5, 0.6) is 5.75 Å². The number of para-hydroxylation sites is 1. The van der Waals surface area contributed by atoms with E-state index >= 15 is 0 Å². The third-order valence-electron chi connectivity index (χ3n) is 4.45. The van der Waals surface area contributed by atoms with Crippen molar-refractivity contribution in [1.29, 1.82) is 0 Å². The second-order valence-corrected chi connectivity index (χ2v) is 8.45. The highest BCUT2D eigenvalue weighted by atomic mass is 32.2. The standard InChI is InChI=1S/C22H14F6N2O4S/c23-17-10-5-13(20(24)21(17)25)11-19(31)30-29-12-14-3-1-2-4-18(14)34-35(32,33)16-8-6-15(7-9-16)22(26,27)28/h1-10,12H,11H2,(H,30,31). The third-order valence-corrected chi connectivity index (χ3v) is 5.70. The first-order chi connectivity index (χ1) is 16.4. The second-order valence-electron chi connectivity index (χ2n) is 6.90. The molecule has 0 aliphatic rings. The van der Waals surface area contributed by atoms with Crippen LogP contribution in [-0.4, -0.2) is 20.5 Å². The molecule has 184 valence electrons. The molecule has 0 unspecified atom stereocenters. The fourth-order valence-corrected chi connectivity index (χ4v) is 3.68. The molecule has 0 heterocycles. The summed E-state index contributed by atoms with van der Waals surface area (Å²) in [5, 5.41) is 3.59. The van der Waals surface area contributed by atoms with Crippen molar-refractivity contribution in [3.63, 3.8) is 0 Å². The van der Waals surface area contributed by atoms with Gasteiger partial charge in [-0.05, 0) is 42.5 Å². The van der Waals surface area contributed by atoms with Crippen LogP contribution in [0.1, 0.15) is 16.7 Å². The molecule has 0 bridgehead atoms. The SMILES string of the molecule is O=C(Cc1ccc(F)c(F)c1F)NN=Cc1ccccc1OS(=O)(=O)c1ccc(C(F)(F)F)cc1. The van der Waals surface area contributed by atoms with Gasteiger partial charge in [0.25, 0.3) is 0 Å². The first kappa shape index (κ1) is 25.7. The Labute approximate surface area is 195 Å². The maximum Gasteiger partial charge on any atom is 0.416 e. The lowest BCUT2D eigenvalue weighted by Gasteiger charge is -2.11. The van der Waals surface area contributed by atoms with Gasteiger partial charge in [-0.3, -0.25) is 4.79 Å². The monoisotopic (exact) mass is 516 g/mol. The lowest BCUT2D eigenvalue weighted by Crippen LogP contribution is -2.21. The van der Waals surface area contributed by atoms with Crippen LogP contribution in [0.25, 0.3) is 0 Å². The Kier molecular flexibility index (Phi) is 7.48. The summed E-state index contributed by atoms with van der Waals surface area (Å²) >= 11 is 0. The second kappa shape index (κ2) is 10.2. The first-order valence-corrected chi connectivity index (χ1v) is 10.9. The lowest BCUT2D eigenvalue weighted by atomic mass is 10.1. The minimum Gasteiger partial charge on any atom is -0.378 e. The lowest BCUT2D eigenvalue weighted by molar-refractivity contribution is -0.137. The predicted molar refractivity (Wildman–Crippen MR) is 111 cm³/mol. The third kappa shape index (κ3) is 6.38. The van der Waals surface area contributed by atoms with Crippen LogP contribution in [0.4, 0.5) is 26.3 Å². The molecular formula is C22H14F6N2O4S. The molecule has 0 saturated heterocycles. The minimum absolute atomic E-state index is 0.0577. The van der Waals surface area contributed by atoms with E-state index in [-0.39, 0.29) is 11.3 Å². The van der Waals surface area contributed by atoms with Crippen molar-refractivity contribution in [3.8, 4) is 5.75 Å². The number of nitrogens with zero attached hydrogens (tertiary/aromatic N) is 1. The van der Waals surface area contributed by atoms with Gasteiger partial charge in [-0.2, -0.15) is 26.7 Å². The Morgan fingerprint density at radius 1 is 0.943 bits per heavy atom. The molecule has 0 saturated carbocycles. The topological polar surface area (TPSA) is 84.8 Å². The molecule has 0 spiro atoms. The molecular weight excluding hydrogens is 502 g/mol. The zero-order valence-electron chi connectivity index (χ0n) is 17.3. The van der Waals surface area contributed by atoms with Crippen LogP contribution in [0.2, 0.25) is 0 Å². The number of amides is 1. The number of hydrogen-bond acceptors (Lipinski definition) is 5. The average molecular weight is 516 g/mol. The largest absolute Gasteiger partial charge is 0.416 e. The van der Waals surface area contributed by atoms with Gasteiger partial charge in [-0.15, -0.1) is 0 Å². The first-order valence-electron chi connectivity index (χ1n) is 9.53. The van der Waals surface area contributed by atoms with Gasteiger partial charge in [0.05, 0.1) is 18.2 Å². The molecule has 35 heavy (non-hydrogen) atoms. The summed E-state index contributed by atoms with van der Waals surface area (Å²) in [5.74, 6) is -5.79. The van der Waals surface area contributed by atoms with Gasteiger partial charge in [0.1, 0.15) is 4.90 Å². The Balaban J connectivity index is 1.71. The van der Waals surface area contributed by atoms with E-state index in [1.165, 1.54) is 24.3 Å². The zero-order valence-corrected chi connectivity index (χ0v) is 18.1. The number of alkyl halides is 3. The molecule has 1 N–H and O–H groups in total. The fourth-order valence-electron chi connectivity index (χ4n) is 2.73. The number of hydrogen-bond donors (Lipinski definition) is 1. The number of halogens is 6. The van der Waals surface area contributed by atoms with Gasteiger partial charge in [0.15, 0.2) is 23.2 Å². The normalized spacial score (nSPS) is 12.1. The number of carbonyl (C=O) groups excluding carboxylic acids is 1. The van der Waals surface area contributed by atoms with E-state index in [1.807, 2.05) is 5.43 Å². The maximum atomic E-state index is 13.7. The van der Waals surface area contributed by atoms with Crippen molar-refractivity contribution >= 4 is 22.2 Å². The Morgan fingerprint density at radius 2 is 1.60 bits per heavy atom. The van der Waals surface area contributed by atoms with Crippen molar-refractivity contribution in [2.75, 3.05) is 0 Å². The molecule has 0 aliphatic carbocycles. The Morgan fingerprint density at radius 3 is 2.26 bits per heavy atom. The van der Waals surface area contributed by atoms with E-state index < -0.39 is 62.1 Å². The summed E-state index contributed by atoms with van der Waals surface area (Å²) in [4.78, 5) is 11.4. The molecule has 6 nitrogen and oxygen atoms in total. The zero-order chi connectivity index (χ0) is 25.8. The molecule has 1 amide bonds. The highest BCUT2D eigenvalue weighted by Gasteiger charge is 2.31. The summed E-state index contributed by atoms with van der Waals surface area (Å²) in [6.45, 7) is 0. The summed E-state index contributed by atoms with van der Waals surface area (Å²) < 4.78 is 108. The van der Waals surface area contributed by atoms with Crippen molar-refractivity contribution in [1.82, 2.24) is 5.43 Å². The summed E-state index contributed by atoms with van der Waals surface area (Å²) in [6, 6.07) is 9.73. The number of carbonyl (C=O) groups is 1. The average Bonchev–Trinajstić information content (AvgIpc) is 2.80. The molecule has 13 heteroatoms. The molecule has 0 atom stereocenters. The van der Waals surface area contributed by atoms with Crippen LogP contribution in [0, 0.1) is 17.5 Å². The van der Waals surface area contributed by atoms with E-state index in [9.17, 15) is 39.6 Å². The maximum absolute atomic E-state index is 13.7. The fraction of sp³-hybridized carbons (Fsp3) is 0.0909. The molecule has 3 aromatic rings. The summed E-state index contributed by atoms with van der Waals surface area (Å²) in [7, 11) is -4.52. The van der Waals surface area contributed by atoms with Crippen molar-refractivity contribution in [2.24, 2.45) is 5.10 Å². The highest BCUT2D eigenvalue weighted by molar-refractivity contribution is 7.87. The number of benzene rings is 3. The Hall–Kier alpha value is -3.87. The van der Waals surface area contributed by atoms with Crippen molar-refractivity contribution in [3.05, 3.63) is 94.8 Å². The van der Waals surface area contributed by atoms with Gasteiger partial charge in [0.2, 0.25) is 5.91 Å². The van der Waals surface area contributed by atoms with Crippen LogP contribution < -0.4 is 9.61 Å². The van der Waals surface area contributed by atoms with Crippen LogP contribution >= 0.6 is 0 Å². The van der Waals surface area contributed by atoms with Crippen molar-refractivity contribution in [2.45, 2.75) is 17.5 Å². The van der Waals surface area contributed by atoms with Gasteiger partial charge in [-0.1, -0.05) is 18.2 Å². The van der Waals surface area contributed by atoms with Gasteiger partial charge >= 0.3 is 16.3 Å². The van der Waals surface area contributed by atoms with Gasteiger partial charge in [0, 0.05) is 11.1 Å². The van der Waals surface area contributed by atoms with Crippen LogP contribution in [0.3, 0.4) is 0 Å². The molecule has 0 radical (unpaired) electrons. The quantitative estimate of drug-likeness (QED) is 0.164. The van der Waals surface area contributed by atoms with Crippen molar-refractivity contribution < 1.29 is 43.7 Å². The van der Waals surface area contributed by atoms with Gasteiger partial charge in [-0.25, -0.2) is 18.6 Å². The number of rotatable bonds is 7. The predicted octanol–water partition coefficient (Wildman–Crippen LogP) is 4.58. The summed E-state index contributed by atoms with van der Waals surface area (Å²) in [5.41, 5.74) is 0.624. The molecule has 0 fully saturated rings. The van der Waals surface area contributed by atoms with E-state index in [0.29, 0.717) is 18.2 Å². The van der Waals surface area contributed by atoms with Gasteiger partial charge < -0.3 is 4.18 Å². The van der Waals surface area contributed by atoms with E-state index in [2.05, 4.69) is 5.10 Å². The van der Waals surface area contributed by atoms with E-state index in [4.69, 9.17) is 4.18 Å². The molecule has 0 aromatic heterocycles.